The van der Waals surface area contributed by atoms with Crippen LogP contribution in [0.1, 0.15) is 24.4 Å². The molecule has 2 amide bonds. The summed E-state index contributed by atoms with van der Waals surface area (Å²) >= 11 is 0. The van der Waals surface area contributed by atoms with Gasteiger partial charge in [0.05, 0.1) is 5.41 Å². The van der Waals surface area contributed by atoms with Gasteiger partial charge in [0.1, 0.15) is 0 Å². The summed E-state index contributed by atoms with van der Waals surface area (Å²) in [5, 5.41) is 2.47. The standard InChI is InChI=1S/C14H16N2O2/c1-16-8-7-14(9-11(17)15-13(14)18)12(16)10-5-3-2-4-6-10/h2-6,12H,7-9H2,1H3,(H,15,17,18)/t12-,14-/m0/s1. The number of amides is 2. The third-order valence-corrected chi connectivity index (χ3v) is 4.17. The van der Waals surface area contributed by atoms with Gasteiger partial charge in [0, 0.05) is 12.5 Å². The van der Waals surface area contributed by atoms with E-state index in [1.165, 1.54) is 0 Å². The summed E-state index contributed by atoms with van der Waals surface area (Å²) in [5.74, 6) is -0.248. The minimum atomic E-state index is -0.562. The van der Waals surface area contributed by atoms with Crippen LogP contribution < -0.4 is 5.32 Å². The lowest BCUT2D eigenvalue weighted by atomic mass is 9.76. The molecule has 2 aliphatic rings. The monoisotopic (exact) mass is 244 g/mol. The maximum absolute atomic E-state index is 12.2. The molecule has 0 bridgehead atoms. The number of nitrogens with zero attached hydrogens (tertiary/aromatic N) is 1. The molecule has 2 heterocycles. The van der Waals surface area contributed by atoms with Gasteiger partial charge in [0.2, 0.25) is 11.8 Å². The van der Waals surface area contributed by atoms with Crippen LogP contribution in [0, 0.1) is 5.41 Å². The molecule has 2 fully saturated rings. The third kappa shape index (κ3) is 1.49. The fourth-order valence-electron chi connectivity index (χ4n) is 3.36. The van der Waals surface area contributed by atoms with E-state index in [9.17, 15) is 9.59 Å². The number of nitrogens with one attached hydrogen (secondary N) is 1. The maximum atomic E-state index is 12.2. The average Bonchev–Trinajstić information content (AvgIpc) is 2.82. The van der Waals surface area contributed by atoms with Crippen LogP contribution in [0.25, 0.3) is 0 Å². The lowest BCUT2D eigenvalue weighted by Gasteiger charge is -2.31. The Hall–Kier alpha value is -1.68. The second-order valence-electron chi connectivity index (χ2n) is 5.25. The van der Waals surface area contributed by atoms with Gasteiger partial charge in [-0.25, -0.2) is 0 Å². The van der Waals surface area contributed by atoms with Crippen molar-refractivity contribution in [3.8, 4) is 0 Å². The quantitative estimate of drug-likeness (QED) is 0.752. The van der Waals surface area contributed by atoms with Gasteiger partial charge in [-0.05, 0) is 25.6 Å². The third-order valence-electron chi connectivity index (χ3n) is 4.17. The molecule has 1 aromatic carbocycles. The highest BCUT2D eigenvalue weighted by atomic mass is 16.2. The Kier molecular flexibility index (Phi) is 2.48. The van der Waals surface area contributed by atoms with Crippen molar-refractivity contribution in [1.29, 1.82) is 0 Å². The van der Waals surface area contributed by atoms with Crippen molar-refractivity contribution in [2.75, 3.05) is 13.6 Å². The highest BCUT2D eigenvalue weighted by Gasteiger charge is 2.56. The summed E-state index contributed by atoms with van der Waals surface area (Å²) in [4.78, 5) is 25.9. The van der Waals surface area contributed by atoms with Crippen molar-refractivity contribution < 1.29 is 9.59 Å². The van der Waals surface area contributed by atoms with Crippen molar-refractivity contribution in [3.63, 3.8) is 0 Å². The number of rotatable bonds is 1. The Morgan fingerprint density at radius 1 is 1.28 bits per heavy atom. The fraction of sp³-hybridized carbons (Fsp3) is 0.429. The van der Waals surface area contributed by atoms with Gasteiger partial charge < -0.3 is 0 Å². The molecule has 0 radical (unpaired) electrons. The number of carbonyl (C=O) groups excluding carboxylic acids is 2. The minimum Gasteiger partial charge on any atom is -0.298 e. The number of benzene rings is 1. The van der Waals surface area contributed by atoms with Crippen LogP contribution in [0.4, 0.5) is 0 Å². The molecular weight excluding hydrogens is 228 g/mol. The van der Waals surface area contributed by atoms with E-state index in [2.05, 4.69) is 10.2 Å². The SMILES string of the molecule is CN1CC[C@]2(CC(=O)NC2=O)[C@@H]1c1ccccc1. The Balaban J connectivity index is 2.05. The Labute approximate surface area is 106 Å². The summed E-state index contributed by atoms with van der Waals surface area (Å²) in [7, 11) is 2.02. The lowest BCUT2D eigenvalue weighted by Crippen LogP contribution is -2.36. The average molecular weight is 244 g/mol. The van der Waals surface area contributed by atoms with Crippen molar-refractivity contribution in [3.05, 3.63) is 35.9 Å². The summed E-state index contributed by atoms with van der Waals surface area (Å²) in [6, 6.07) is 9.98. The van der Waals surface area contributed by atoms with Crippen molar-refractivity contribution >= 4 is 11.8 Å². The Bertz CT molecular complexity index is 500. The van der Waals surface area contributed by atoms with E-state index in [0.29, 0.717) is 6.42 Å². The fourth-order valence-corrected chi connectivity index (χ4v) is 3.36. The molecule has 0 saturated carbocycles. The molecule has 2 atom stereocenters. The van der Waals surface area contributed by atoms with Gasteiger partial charge in [-0.2, -0.15) is 0 Å². The predicted molar refractivity (Wildman–Crippen MR) is 66.6 cm³/mol. The van der Waals surface area contributed by atoms with E-state index < -0.39 is 5.41 Å². The van der Waals surface area contributed by atoms with Crippen molar-refractivity contribution in [1.82, 2.24) is 10.2 Å². The van der Waals surface area contributed by atoms with E-state index >= 15 is 0 Å². The molecule has 0 unspecified atom stereocenters. The molecule has 0 aliphatic carbocycles. The van der Waals surface area contributed by atoms with E-state index in [1.54, 1.807) is 0 Å². The number of hydrogen-bond acceptors (Lipinski definition) is 3. The first-order valence-electron chi connectivity index (χ1n) is 6.23. The maximum Gasteiger partial charge on any atom is 0.235 e. The highest BCUT2D eigenvalue weighted by molar-refractivity contribution is 6.06. The van der Waals surface area contributed by atoms with Crippen molar-refractivity contribution in [2.24, 2.45) is 5.41 Å². The number of hydrogen-bond donors (Lipinski definition) is 1. The summed E-state index contributed by atoms with van der Waals surface area (Å²) in [6.45, 7) is 0.847. The van der Waals surface area contributed by atoms with E-state index in [1.807, 2.05) is 37.4 Å². The van der Waals surface area contributed by atoms with Crippen LogP contribution >= 0.6 is 0 Å². The summed E-state index contributed by atoms with van der Waals surface area (Å²) < 4.78 is 0. The molecule has 94 valence electrons. The molecular formula is C14H16N2O2. The first kappa shape index (κ1) is 11.4. The smallest absolute Gasteiger partial charge is 0.235 e. The first-order valence-corrected chi connectivity index (χ1v) is 6.23. The molecule has 1 spiro atoms. The molecule has 2 aliphatic heterocycles. The molecule has 1 aromatic rings. The largest absolute Gasteiger partial charge is 0.298 e. The summed E-state index contributed by atoms with van der Waals surface area (Å²) in [6.07, 6.45) is 1.07. The zero-order valence-electron chi connectivity index (χ0n) is 10.3. The molecule has 2 saturated heterocycles. The van der Waals surface area contributed by atoms with Gasteiger partial charge >= 0.3 is 0 Å². The summed E-state index contributed by atoms with van der Waals surface area (Å²) in [5.41, 5.74) is 0.551. The zero-order valence-corrected chi connectivity index (χ0v) is 10.3. The Morgan fingerprint density at radius 2 is 2.00 bits per heavy atom. The molecule has 4 heteroatoms. The molecule has 0 aromatic heterocycles. The van der Waals surface area contributed by atoms with Crippen molar-refractivity contribution in [2.45, 2.75) is 18.9 Å². The predicted octanol–water partition coefficient (Wildman–Crippen LogP) is 1.10. The van der Waals surface area contributed by atoms with Crippen LogP contribution in [0.2, 0.25) is 0 Å². The van der Waals surface area contributed by atoms with Gasteiger partial charge in [-0.1, -0.05) is 30.3 Å². The second-order valence-corrected chi connectivity index (χ2v) is 5.25. The van der Waals surface area contributed by atoms with Crippen LogP contribution in [-0.4, -0.2) is 30.3 Å². The molecule has 1 N–H and O–H groups in total. The highest BCUT2D eigenvalue weighted by Crippen LogP contribution is 2.50. The molecule has 3 rings (SSSR count). The minimum absolute atomic E-state index is 0.00477. The van der Waals surface area contributed by atoms with Gasteiger partial charge in [-0.3, -0.25) is 19.8 Å². The zero-order chi connectivity index (χ0) is 12.8. The second kappa shape index (κ2) is 3.92. The van der Waals surface area contributed by atoms with Gasteiger partial charge in [0.25, 0.3) is 0 Å². The van der Waals surface area contributed by atoms with Gasteiger partial charge in [-0.15, -0.1) is 0 Å². The van der Waals surface area contributed by atoms with E-state index in [4.69, 9.17) is 0 Å². The van der Waals surface area contributed by atoms with Crippen LogP contribution in [0.5, 0.6) is 0 Å². The number of carbonyl (C=O) groups is 2. The lowest BCUT2D eigenvalue weighted by molar-refractivity contribution is -0.129. The normalized spacial score (nSPS) is 32.2. The number of imide groups is 1. The topological polar surface area (TPSA) is 49.4 Å². The van der Waals surface area contributed by atoms with Crippen LogP contribution in [0.15, 0.2) is 30.3 Å². The first-order chi connectivity index (χ1) is 8.63. The van der Waals surface area contributed by atoms with E-state index in [-0.39, 0.29) is 17.9 Å². The van der Waals surface area contributed by atoms with Crippen LogP contribution in [-0.2, 0) is 9.59 Å². The Morgan fingerprint density at radius 3 is 2.61 bits per heavy atom. The number of likely N-dealkylation sites (tertiary alicyclic amines) is 1. The van der Waals surface area contributed by atoms with E-state index in [0.717, 1.165) is 18.5 Å². The molecule has 4 nitrogen and oxygen atoms in total. The van der Waals surface area contributed by atoms with Crippen LogP contribution in [0.3, 0.4) is 0 Å². The van der Waals surface area contributed by atoms with Gasteiger partial charge in [0.15, 0.2) is 0 Å². The molecule has 18 heavy (non-hydrogen) atoms.